The predicted molar refractivity (Wildman–Crippen MR) is 402 cm³/mol. The summed E-state index contributed by atoms with van der Waals surface area (Å²) in [6.07, 6.45) is 14.1. The molecule has 3 aliphatic heterocycles. The second kappa shape index (κ2) is 32.4. The van der Waals surface area contributed by atoms with Crippen molar-refractivity contribution in [2.24, 2.45) is 0 Å². The number of carbonyl (C=O) groups excluding carboxylic acids is 2. The van der Waals surface area contributed by atoms with Crippen LogP contribution in [0.1, 0.15) is 78.4 Å². The summed E-state index contributed by atoms with van der Waals surface area (Å²) in [4.78, 5) is 54.3. The van der Waals surface area contributed by atoms with E-state index in [1.54, 1.807) is 21.7 Å². The fourth-order valence-electron chi connectivity index (χ4n) is 12.8. The number of ether oxygens (including phenoxy) is 3. The molecule has 0 aliphatic carbocycles. The van der Waals surface area contributed by atoms with Crippen molar-refractivity contribution in [3.63, 3.8) is 0 Å². The number of amides is 2. The van der Waals surface area contributed by atoms with E-state index in [0.717, 1.165) is 101 Å². The standard InChI is InChI=1S/C26H26N6O2.C25H24N6O2.C24H24N6O3S.2CH4/c1-2-7-22(33)31-15-6-8-19(16-31)32-26-23(25(27)28-17-29-26)24(30-32)18-11-13-21(14-12-18)34-20-9-4-3-5-10-20;1-2-21(32)30-14-6-7-18(15-30)31-25-22(24(26)27-16-28-25)23(29-31)17-10-12-20(13-11-17)33-19-8-4-3-5-9-19;1-2-34(31,32)29-14-6-7-18(15-29)30-24-21(23(25)26-16-27-24)22(28-30)17-10-12-20(13-11-17)33-19-8-4-3-5-9-19;;/h2-5,7,9-14,17,19H,6,8,15-16H2,1H3,(H2,27,28,29);2-5,8-13,16,18H,1,6-7,14-15H2,(H2,26,27,28);2-5,8-13,16,18H,1,6-7,14-15H2,(H2,25,26,27);2*1H4/b7-2+;;;;. The summed E-state index contributed by atoms with van der Waals surface area (Å²) in [5.41, 5.74) is 25.4. The minimum absolute atomic E-state index is 0. The summed E-state index contributed by atoms with van der Waals surface area (Å²) in [5.74, 6) is 5.48. The molecule has 25 nitrogen and oxygen atoms in total. The number of rotatable bonds is 16. The fraction of sp³-hybridized carbons (Fsp3) is 0.234. The lowest BCUT2D eigenvalue weighted by Crippen LogP contribution is -2.40. The predicted octanol–water partition coefficient (Wildman–Crippen LogP) is 14.1. The number of carbonyl (C=O) groups is 2. The SMILES string of the molecule is C.C.C/C=C/C(=O)N1CCCC(n2nc(-c3ccc(Oc4ccccc4)cc3)c3c(N)ncnc32)C1.C=CC(=O)N1CCCC(n2nc(-c3ccc(Oc4ccccc4)cc3)c3c(N)ncnc32)C1.C=CS(=O)(=O)N1CCCC(n2nc(-c3ccc(Oc4ccccc4)cc3)c3c(N)ncnc32)C1. The number of hydrogen-bond acceptors (Lipinski definition) is 19. The van der Waals surface area contributed by atoms with Crippen molar-refractivity contribution in [3.8, 4) is 68.3 Å². The van der Waals surface area contributed by atoms with Crippen molar-refractivity contribution in [2.75, 3.05) is 56.5 Å². The minimum Gasteiger partial charge on any atom is -0.457 e. The van der Waals surface area contributed by atoms with E-state index < -0.39 is 10.0 Å². The molecular formula is C77H82N18O7S. The first-order valence-corrected chi connectivity index (χ1v) is 34.7. The van der Waals surface area contributed by atoms with Crippen LogP contribution in [0.15, 0.2) is 220 Å². The fourth-order valence-corrected chi connectivity index (χ4v) is 13.8. The van der Waals surface area contributed by atoms with E-state index in [2.05, 4.69) is 43.1 Å². The molecule has 103 heavy (non-hydrogen) atoms. The highest BCUT2D eigenvalue weighted by Gasteiger charge is 2.33. The zero-order chi connectivity index (χ0) is 70.0. The lowest BCUT2D eigenvalue weighted by molar-refractivity contribution is -0.128. The molecule has 0 saturated carbocycles. The van der Waals surface area contributed by atoms with Crippen molar-refractivity contribution in [3.05, 3.63) is 220 Å². The van der Waals surface area contributed by atoms with Gasteiger partial charge in [-0.3, -0.25) is 9.59 Å². The quantitative estimate of drug-likeness (QED) is 0.0757. The summed E-state index contributed by atoms with van der Waals surface area (Å²) in [6, 6.07) is 51.6. The second-order valence-electron chi connectivity index (χ2n) is 24.3. The molecule has 0 bridgehead atoms. The van der Waals surface area contributed by atoms with E-state index >= 15 is 0 Å². The number of hydrogen-bond donors (Lipinski definition) is 3. The molecule has 3 aliphatic rings. The molecule has 6 N–H and O–H groups in total. The Morgan fingerprint density at radius 3 is 1.10 bits per heavy atom. The number of likely N-dealkylation sites (tertiary alicyclic amines) is 2. The molecule has 12 aromatic rings. The van der Waals surface area contributed by atoms with Gasteiger partial charge in [-0.25, -0.2) is 52.4 Å². The molecule has 3 fully saturated rings. The van der Waals surface area contributed by atoms with Gasteiger partial charge in [0.15, 0.2) is 16.9 Å². The zero-order valence-corrected chi connectivity index (χ0v) is 56.3. The van der Waals surface area contributed by atoms with Gasteiger partial charge in [0.1, 0.15) is 88.0 Å². The number of para-hydroxylation sites is 3. The molecule has 26 heteroatoms. The highest BCUT2D eigenvalue weighted by molar-refractivity contribution is 7.92. The Bertz CT molecular complexity index is 5080. The molecule has 9 heterocycles. The molecule has 2 amide bonds. The van der Waals surface area contributed by atoms with Crippen molar-refractivity contribution < 1.29 is 32.2 Å². The first-order chi connectivity index (χ1) is 49.2. The largest absolute Gasteiger partial charge is 0.457 e. The number of piperidine rings is 3. The van der Waals surface area contributed by atoms with Gasteiger partial charge in [0.2, 0.25) is 21.8 Å². The van der Waals surface area contributed by atoms with E-state index in [4.69, 9.17) is 46.7 Å². The van der Waals surface area contributed by atoms with E-state index in [1.165, 1.54) is 29.4 Å². The highest BCUT2D eigenvalue weighted by atomic mass is 32.2. The van der Waals surface area contributed by atoms with Crippen molar-refractivity contribution in [2.45, 2.75) is 78.4 Å². The number of nitrogens with two attached hydrogens (primary N) is 3. The normalized spacial score (nSPS) is 16.1. The van der Waals surface area contributed by atoms with Gasteiger partial charge >= 0.3 is 0 Å². The second-order valence-corrected chi connectivity index (χ2v) is 26.2. The molecule has 528 valence electrons. The van der Waals surface area contributed by atoms with Crippen LogP contribution < -0.4 is 31.4 Å². The van der Waals surface area contributed by atoms with Crippen LogP contribution in [0.3, 0.4) is 0 Å². The van der Waals surface area contributed by atoms with E-state index in [-0.39, 0.29) is 44.8 Å². The number of fused-ring (bicyclic) bond motifs is 3. The molecule has 0 radical (unpaired) electrons. The summed E-state index contributed by atoms with van der Waals surface area (Å²) in [6.45, 7) is 12.2. The maximum absolute atomic E-state index is 12.4. The van der Waals surface area contributed by atoms with Crippen LogP contribution in [0.4, 0.5) is 17.5 Å². The first kappa shape index (κ1) is 72.1. The summed E-state index contributed by atoms with van der Waals surface area (Å²) < 4.78 is 49.4. The minimum atomic E-state index is -3.51. The van der Waals surface area contributed by atoms with Gasteiger partial charge < -0.3 is 41.2 Å². The first-order valence-electron chi connectivity index (χ1n) is 33.2. The third-order valence-electron chi connectivity index (χ3n) is 17.7. The zero-order valence-electron chi connectivity index (χ0n) is 55.5. The molecule has 15 rings (SSSR count). The van der Waals surface area contributed by atoms with E-state index in [0.29, 0.717) is 101 Å². The van der Waals surface area contributed by atoms with Crippen LogP contribution in [0.2, 0.25) is 0 Å². The third-order valence-corrected chi connectivity index (χ3v) is 19.2. The molecule has 3 atom stereocenters. The van der Waals surface area contributed by atoms with Crippen LogP contribution >= 0.6 is 0 Å². The van der Waals surface area contributed by atoms with Gasteiger partial charge in [-0.05, 0) is 167 Å². The molecular weight excluding hydrogens is 1320 g/mol. The Morgan fingerprint density at radius 2 is 0.767 bits per heavy atom. The lowest BCUT2D eigenvalue weighted by atomic mass is 10.1. The van der Waals surface area contributed by atoms with E-state index in [9.17, 15) is 18.0 Å². The Labute approximate surface area is 597 Å². The summed E-state index contributed by atoms with van der Waals surface area (Å²) >= 11 is 0. The van der Waals surface area contributed by atoms with Crippen LogP contribution in [-0.2, 0) is 19.6 Å². The smallest absolute Gasteiger partial charge is 0.246 e. The highest BCUT2D eigenvalue weighted by Crippen LogP contribution is 2.39. The van der Waals surface area contributed by atoms with Crippen molar-refractivity contribution >= 4 is 72.4 Å². The molecule has 3 saturated heterocycles. The van der Waals surface area contributed by atoms with Gasteiger partial charge in [-0.15, -0.1) is 0 Å². The summed E-state index contributed by atoms with van der Waals surface area (Å²) in [7, 11) is -3.51. The average Bonchev–Trinajstić information content (AvgIpc) is 1.63. The topological polar surface area (TPSA) is 315 Å². The number of aromatic nitrogens is 12. The monoisotopic (exact) mass is 1400 g/mol. The average molecular weight is 1400 g/mol. The van der Waals surface area contributed by atoms with Gasteiger partial charge in [-0.1, -0.05) is 88.7 Å². The number of benzene rings is 6. The number of nitrogen functional groups attached to an aromatic ring is 3. The number of sulfonamides is 1. The van der Waals surface area contributed by atoms with Gasteiger partial charge in [0.05, 0.1) is 34.3 Å². The Morgan fingerprint density at radius 1 is 0.447 bits per heavy atom. The Balaban J connectivity index is 0.000000153. The van der Waals surface area contributed by atoms with Crippen LogP contribution in [-0.4, -0.2) is 133 Å². The molecule has 3 unspecified atom stereocenters. The number of anilines is 3. The van der Waals surface area contributed by atoms with Gasteiger partial charge in [-0.2, -0.15) is 19.6 Å². The molecule has 6 aromatic heterocycles. The number of nitrogens with zero attached hydrogens (tertiary/aromatic N) is 15. The van der Waals surface area contributed by atoms with Crippen LogP contribution in [0.5, 0.6) is 34.5 Å². The third kappa shape index (κ3) is 16.0. The summed E-state index contributed by atoms with van der Waals surface area (Å²) in [5, 5.41) is 17.7. The maximum Gasteiger partial charge on any atom is 0.246 e. The Kier molecular flexibility index (Phi) is 22.7. The van der Waals surface area contributed by atoms with Crippen LogP contribution in [0.25, 0.3) is 66.9 Å². The van der Waals surface area contributed by atoms with Crippen molar-refractivity contribution in [1.82, 2.24) is 73.4 Å². The maximum atomic E-state index is 12.4. The Hall–Kier alpha value is -12.2. The lowest BCUT2D eigenvalue weighted by Gasteiger charge is -2.32. The molecule has 6 aromatic carbocycles. The van der Waals surface area contributed by atoms with E-state index in [1.807, 2.05) is 185 Å². The van der Waals surface area contributed by atoms with Crippen molar-refractivity contribution in [1.29, 1.82) is 0 Å². The molecule has 0 spiro atoms. The van der Waals surface area contributed by atoms with Gasteiger partial charge in [0, 0.05) is 61.4 Å². The number of allylic oxidation sites excluding steroid dienone is 1. The van der Waals surface area contributed by atoms with Gasteiger partial charge in [0.25, 0.3) is 0 Å². The van der Waals surface area contributed by atoms with Crippen LogP contribution in [0, 0.1) is 0 Å².